The van der Waals surface area contributed by atoms with E-state index in [1.807, 2.05) is 54.7 Å². The van der Waals surface area contributed by atoms with E-state index in [4.69, 9.17) is 18.9 Å². The maximum Gasteiger partial charge on any atom is 0.119 e. The van der Waals surface area contributed by atoms with Crippen molar-refractivity contribution in [1.29, 1.82) is 0 Å². The molecule has 24 heavy (non-hydrogen) atoms. The fourth-order valence-corrected chi connectivity index (χ4v) is 2.13. The molecule has 5 heteroatoms. The molecule has 0 amide bonds. The molecule has 0 saturated carbocycles. The summed E-state index contributed by atoms with van der Waals surface area (Å²) >= 11 is 0. The fourth-order valence-electron chi connectivity index (χ4n) is 2.13. The molecule has 2 atom stereocenters. The van der Waals surface area contributed by atoms with Crippen LogP contribution in [0, 0.1) is 0 Å². The highest BCUT2D eigenvalue weighted by Crippen LogP contribution is 2.20. The van der Waals surface area contributed by atoms with Gasteiger partial charge in [0.2, 0.25) is 0 Å². The minimum absolute atomic E-state index is 0.270. The second kappa shape index (κ2) is 7.03. The van der Waals surface area contributed by atoms with Crippen molar-refractivity contribution in [3.63, 3.8) is 0 Å². The second-order valence-electron chi connectivity index (χ2n) is 5.85. The van der Waals surface area contributed by atoms with E-state index in [1.54, 1.807) is 0 Å². The highest BCUT2D eigenvalue weighted by molar-refractivity contribution is 5.82. The van der Waals surface area contributed by atoms with Crippen LogP contribution in [0.15, 0.2) is 53.5 Å². The second-order valence-corrected chi connectivity index (χ2v) is 5.85. The van der Waals surface area contributed by atoms with E-state index in [-0.39, 0.29) is 12.2 Å². The molecule has 2 heterocycles. The number of rotatable bonds is 8. The SMILES string of the molecule is C(=Nc1ccc(OCC2CO2)cc1)c1ccc(OCC2CO2)cc1. The summed E-state index contributed by atoms with van der Waals surface area (Å²) < 4.78 is 21.5. The summed E-state index contributed by atoms with van der Waals surface area (Å²) in [6.07, 6.45) is 2.38. The molecule has 0 aliphatic carbocycles. The van der Waals surface area contributed by atoms with E-state index in [2.05, 4.69) is 4.99 Å². The Morgan fingerprint density at radius 2 is 1.33 bits per heavy atom. The van der Waals surface area contributed by atoms with Crippen LogP contribution >= 0.6 is 0 Å². The van der Waals surface area contributed by atoms with Gasteiger partial charge in [0.15, 0.2) is 0 Å². The van der Waals surface area contributed by atoms with E-state index >= 15 is 0 Å². The molecule has 0 aromatic heterocycles. The van der Waals surface area contributed by atoms with Gasteiger partial charge < -0.3 is 18.9 Å². The van der Waals surface area contributed by atoms with Crippen LogP contribution in [0.25, 0.3) is 0 Å². The van der Waals surface area contributed by atoms with Crippen molar-refractivity contribution in [2.45, 2.75) is 12.2 Å². The van der Waals surface area contributed by atoms with Crippen LogP contribution in [-0.4, -0.2) is 44.9 Å². The maximum atomic E-state index is 5.61. The lowest BCUT2D eigenvalue weighted by Gasteiger charge is -2.04. The molecule has 2 aliphatic rings. The molecule has 0 N–H and O–H groups in total. The Morgan fingerprint density at radius 1 is 0.833 bits per heavy atom. The van der Waals surface area contributed by atoms with Gasteiger partial charge in [-0.15, -0.1) is 0 Å². The predicted octanol–water partition coefficient (Wildman–Crippen LogP) is 2.99. The van der Waals surface area contributed by atoms with Crippen LogP contribution in [0.4, 0.5) is 5.69 Å². The lowest BCUT2D eigenvalue weighted by molar-refractivity contribution is 0.263. The van der Waals surface area contributed by atoms with E-state index in [0.29, 0.717) is 13.2 Å². The highest BCUT2D eigenvalue weighted by Gasteiger charge is 2.23. The Kier molecular flexibility index (Phi) is 4.44. The summed E-state index contributed by atoms with van der Waals surface area (Å²) in [5.74, 6) is 1.69. The van der Waals surface area contributed by atoms with Crippen molar-refractivity contribution < 1.29 is 18.9 Å². The van der Waals surface area contributed by atoms with Gasteiger partial charge in [0.25, 0.3) is 0 Å². The number of hydrogen-bond acceptors (Lipinski definition) is 5. The fraction of sp³-hybridized carbons (Fsp3) is 0.316. The van der Waals surface area contributed by atoms with Gasteiger partial charge in [0, 0.05) is 6.21 Å². The van der Waals surface area contributed by atoms with Gasteiger partial charge in [0.1, 0.15) is 36.9 Å². The van der Waals surface area contributed by atoms with Crippen molar-refractivity contribution in [2.24, 2.45) is 4.99 Å². The standard InChI is InChI=1S/C19H19NO4/c1-5-16(21-10-18-12-23-18)6-2-14(1)9-20-15-3-7-17(8-4-15)22-11-19-13-24-19/h1-9,18-19H,10-13H2. The number of epoxide rings is 2. The zero-order valence-corrected chi connectivity index (χ0v) is 13.3. The third kappa shape index (κ3) is 4.57. The van der Waals surface area contributed by atoms with Gasteiger partial charge in [-0.25, -0.2) is 0 Å². The molecule has 2 aliphatic heterocycles. The van der Waals surface area contributed by atoms with E-state index < -0.39 is 0 Å². The number of benzene rings is 2. The van der Waals surface area contributed by atoms with Crippen molar-refractivity contribution in [1.82, 2.24) is 0 Å². The van der Waals surface area contributed by atoms with Crippen LogP contribution in [0.3, 0.4) is 0 Å². The van der Waals surface area contributed by atoms with Gasteiger partial charge in [-0.2, -0.15) is 0 Å². The summed E-state index contributed by atoms with van der Waals surface area (Å²) in [6, 6.07) is 15.6. The molecule has 0 spiro atoms. The number of aliphatic imine (C=N–C) groups is 1. The van der Waals surface area contributed by atoms with Crippen molar-refractivity contribution in [3.8, 4) is 11.5 Å². The first-order valence-electron chi connectivity index (χ1n) is 8.08. The molecule has 2 unspecified atom stereocenters. The molecule has 4 rings (SSSR count). The Labute approximate surface area is 140 Å². The van der Waals surface area contributed by atoms with Crippen molar-refractivity contribution in [3.05, 3.63) is 54.1 Å². The van der Waals surface area contributed by atoms with Gasteiger partial charge >= 0.3 is 0 Å². The molecule has 2 aromatic carbocycles. The molecule has 0 radical (unpaired) electrons. The Hall–Kier alpha value is -2.37. The monoisotopic (exact) mass is 325 g/mol. The van der Waals surface area contributed by atoms with Crippen LogP contribution in [0.1, 0.15) is 5.56 Å². The van der Waals surface area contributed by atoms with Crippen molar-refractivity contribution >= 4 is 11.9 Å². The summed E-state index contributed by atoms with van der Waals surface area (Å²) in [7, 11) is 0. The summed E-state index contributed by atoms with van der Waals surface area (Å²) in [4.78, 5) is 4.47. The number of ether oxygens (including phenoxy) is 4. The Balaban J connectivity index is 1.29. The number of hydrogen-bond donors (Lipinski definition) is 0. The lowest BCUT2D eigenvalue weighted by atomic mass is 10.2. The normalized spacial score (nSPS) is 21.7. The molecule has 2 fully saturated rings. The van der Waals surface area contributed by atoms with Gasteiger partial charge in [-0.05, 0) is 54.1 Å². The minimum Gasteiger partial charge on any atom is -0.491 e. The third-order valence-electron chi connectivity index (χ3n) is 3.76. The minimum atomic E-state index is 0.270. The van der Waals surface area contributed by atoms with Gasteiger partial charge in [-0.3, -0.25) is 4.99 Å². The smallest absolute Gasteiger partial charge is 0.119 e. The maximum absolute atomic E-state index is 5.61. The predicted molar refractivity (Wildman–Crippen MR) is 90.6 cm³/mol. The Bertz CT molecular complexity index is 627. The van der Waals surface area contributed by atoms with Crippen LogP contribution in [-0.2, 0) is 9.47 Å². The van der Waals surface area contributed by atoms with Gasteiger partial charge in [-0.1, -0.05) is 0 Å². The average Bonchev–Trinajstić information content (AvgIpc) is 3.53. The molecule has 2 aromatic rings. The first-order chi connectivity index (χ1) is 11.8. The molecular weight excluding hydrogens is 306 g/mol. The average molecular weight is 325 g/mol. The molecular formula is C19H19NO4. The largest absolute Gasteiger partial charge is 0.491 e. The zero-order chi connectivity index (χ0) is 16.2. The number of nitrogens with zero attached hydrogens (tertiary/aromatic N) is 1. The molecule has 124 valence electrons. The molecule has 5 nitrogen and oxygen atoms in total. The summed E-state index contributed by atoms with van der Waals surface area (Å²) in [5.41, 5.74) is 1.91. The quantitative estimate of drug-likeness (QED) is 0.553. The van der Waals surface area contributed by atoms with E-state index in [0.717, 1.165) is 36.0 Å². The highest BCUT2D eigenvalue weighted by atomic mass is 16.6. The molecule has 0 bridgehead atoms. The van der Waals surface area contributed by atoms with Crippen LogP contribution in [0.5, 0.6) is 11.5 Å². The summed E-state index contributed by atoms with van der Waals surface area (Å²) in [6.45, 7) is 2.85. The first-order valence-corrected chi connectivity index (χ1v) is 8.08. The van der Waals surface area contributed by atoms with Crippen molar-refractivity contribution in [2.75, 3.05) is 26.4 Å². The summed E-state index contributed by atoms with van der Waals surface area (Å²) in [5, 5.41) is 0. The van der Waals surface area contributed by atoms with Crippen LogP contribution < -0.4 is 9.47 Å². The van der Waals surface area contributed by atoms with E-state index in [9.17, 15) is 0 Å². The van der Waals surface area contributed by atoms with Crippen LogP contribution in [0.2, 0.25) is 0 Å². The third-order valence-corrected chi connectivity index (χ3v) is 3.76. The van der Waals surface area contributed by atoms with Gasteiger partial charge in [0.05, 0.1) is 18.9 Å². The molecule has 2 saturated heterocycles. The zero-order valence-electron chi connectivity index (χ0n) is 13.3. The topological polar surface area (TPSA) is 55.9 Å². The van der Waals surface area contributed by atoms with E-state index in [1.165, 1.54) is 0 Å². The first kappa shape index (κ1) is 15.2. The lowest BCUT2D eigenvalue weighted by Crippen LogP contribution is -2.03. The Morgan fingerprint density at radius 3 is 1.83 bits per heavy atom.